The number of benzene rings is 1. The first-order valence-electron chi connectivity index (χ1n) is 10.0. The van der Waals surface area contributed by atoms with Crippen molar-refractivity contribution in [3.63, 3.8) is 0 Å². The molecule has 0 saturated heterocycles. The summed E-state index contributed by atoms with van der Waals surface area (Å²) in [6, 6.07) is 16.7. The van der Waals surface area contributed by atoms with Gasteiger partial charge in [0.05, 0.1) is 17.1 Å². The maximum Gasteiger partial charge on any atom is 0.333 e. The number of amides is 1. The molecule has 9 nitrogen and oxygen atoms in total. The fourth-order valence-electron chi connectivity index (χ4n) is 3.89. The molecule has 1 aromatic carbocycles. The number of anilines is 1. The summed E-state index contributed by atoms with van der Waals surface area (Å²) >= 11 is 0. The van der Waals surface area contributed by atoms with Gasteiger partial charge in [-0.05, 0) is 29.8 Å². The third-order valence-corrected chi connectivity index (χ3v) is 5.37. The van der Waals surface area contributed by atoms with Crippen LogP contribution in [0.15, 0.2) is 65.6 Å². The van der Waals surface area contributed by atoms with E-state index in [0.717, 1.165) is 5.56 Å². The second kappa shape index (κ2) is 7.69. The van der Waals surface area contributed by atoms with Crippen molar-refractivity contribution in [2.75, 3.05) is 18.0 Å². The number of fused-ring (bicyclic) bond motifs is 2. The van der Waals surface area contributed by atoms with E-state index in [0.29, 0.717) is 48.0 Å². The molecular weight excluding hydrogens is 394 g/mol. The Kier molecular flexibility index (Phi) is 4.72. The van der Waals surface area contributed by atoms with Crippen molar-refractivity contribution < 1.29 is 4.79 Å². The SMILES string of the molecule is NC[C@H]1CN(Cc2ccccc2)c2nc(-n3c(=O)[nH]c4ncccc43)ccc2C(=O)N1. The lowest BCUT2D eigenvalue weighted by atomic mass is 10.2. The topological polar surface area (TPSA) is 122 Å². The van der Waals surface area contributed by atoms with Crippen LogP contribution in [0.1, 0.15) is 15.9 Å². The third kappa shape index (κ3) is 3.44. The highest BCUT2D eigenvalue weighted by Gasteiger charge is 2.28. The minimum Gasteiger partial charge on any atom is -0.349 e. The Morgan fingerprint density at radius 3 is 2.71 bits per heavy atom. The summed E-state index contributed by atoms with van der Waals surface area (Å²) < 4.78 is 1.46. The fourth-order valence-corrected chi connectivity index (χ4v) is 3.89. The molecule has 0 bridgehead atoms. The summed E-state index contributed by atoms with van der Waals surface area (Å²) in [6.45, 7) is 1.37. The predicted molar refractivity (Wildman–Crippen MR) is 117 cm³/mol. The molecule has 0 radical (unpaired) electrons. The molecule has 0 saturated carbocycles. The number of nitrogens with two attached hydrogens (primary N) is 1. The monoisotopic (exact) mass is 415 g/mol. The van der Waals surface area contributed by atoms with Crippen LogP contribution in [-0.2, 0) is 6.54 Å². The molecular formula is C22H21N7O2. The van der Waals surface area contributed by atoms with Gasteiger partial charge >= 0.3 is 5.69 Å². The number of aromatic amines is 1. The van der Waals surface area contributed by atoms with Crippen molar-refractivity contribution in [2.24, 2.45) is 5.73 Å². The molecule has 156 valence electrons. The molecule has 5 rings (SSSR count). The lowest BCUT2D eigenvalue weighted by Gasteiger charge is -2.26. The van der Waals surface area contributed by atoms with Crippen LogP contribution in [0.2, 0.25) is 0 Å². The van der Waals surface area contributed by atoms with Crippen LogP contribution in [0, 0.1) is 0 Å². The van der Waals surface area contributed by atoms with E-state index in [1.807, 2.05) is 35.2 Å². The summed E-state index contributed by atoms with van der Waals surface area (Å²) in [4.78, 5) is 39.2. The van der Waals surface area contributed by atoms with E-state index in [4.69, 9.17) is 10.7 Å². The van der Waals surface area contributed by atoms with Gasteiger partial charge in [0.25, 0.3) is 5.91 Å². The molecule has 1 amide bonds. The number of hydrogen-bond acceptors (Lipinski definition) is 6. The summed E-state index contributed by atoms with van der Waals surface area (Å²) in [6.07, 6.45) is 1.62. The van der Waals surface area contributed by atoms with E-state index in [-0.39, 0.29) is 17.6 Å². The molecule has 3 aromatic heterocycles. The van der Waals surface area contributed by atoms with Gasteiger partial charge in [0.2, 0.25) is 0 Å². The first-order chi connectivity index (χ1) is 15.1. The van der Waals surface area contributed by atoms with Gasteiger partial charge in [0, 0.05) is 25.8 Å². The van der Waals surface area contributed by atoms with Gasteiger partial charge in [-0.25, -0.2) is 19.3 Å². The summed E-state index contributed by atoms with van der Waals surface area (Å²) in [5.41, 5.74) is 8.18. The third-order valence-electron chi connectivity index (χ3n) is 5.37. The second-order valence-electron chi connectivity index (χ2n) is 7.45. The standard InChI is InChI=1S/C22H21N7O2/c23-11-15-13-28(12-14-5-2-1-3-6-14)20-16(21(30)25-15)8-9-18(26-20)29-17-7-4-10-24-19(17)27-22(29)31/h1-10,15H,11-13,23H2,(H,25,30)(H,24,27,31)/t15-/m0/s1. The van der Waals surface area contributed by atoms with Crippen LogP contribution in [0.3, 0.4) is 0 Å². The smallest absolute Gasteiger partial charge is 0.333 e. The van der Waals surface area contributed by atoms with Crippen molar-refractivity contribution in [1.82, 2.24) is 24.8 Å². The van der Waals surface area contributed by atoms with Crippen LogP contribution in [0.5, 0.6) is 0 Å². The van der Waals surface area contributed by atoms with Gasteiger partial charge in [-0.15, -0.1) is 0 Å². The van der Waals surface area contributed by atoms with Crippen molar-refractivity contribution in [2.45, 2.75) is 12.6 Å². The Morgan fingerprint density at radius 2 is 1.90 bits per heavy atom. The minimum atomic E-state index is -0.339. The zero-order chi connectivity index (χ0) is 21.4. The number of nitrogens with zero attached hydrogens (tertiary/aromatic N) is 4. The van der Waals surface area contributed by atoms with E-state index in [2.05, 4.69) is 15.3 Å². The van der Waals surface area contributed by atoms with E-state index in [1.54, 1.807) is 30.5 Å². The van der Waals surface area contributed by atoms with Crippen LogP contribution < -0.4 is 21.6 Å². The molecule has 4 N–H and O–H groups in total. The Labute approximate surface area is 177 Å². The van der Waals surface area contributed by atoms with Crippen molar-refractivity contribution >= 4 is 22.9 Å². The molecule has 0 aliphatic carbocycles. The van der Waals surface area contributed by atoms with Crippen LogP contribution in [-0.4, -0.2) is 44.6 Å². The van der Waals surface area contributed by atoms with E-state index >= 15 is 0 Å². The molecule has 31 heavy (non-hydrogen) atoms. The molecule has 9 heteroatoms. The van der Waals surface area contributed by atoms with Crippen LogP contribution >= 0.6 is 0 Å². The van der Waals surface area contributed by atoms with Crippen LogP contribution in [0.4, 0.5) is 5.82 Å². The predicted octanol–water partition coefficient (Wildman–Crippen LogP) is 1.19. The normalized spacial score (nSPS) is 16.1. The molecule has 0 unspecified atom stereocenters. The van der Waals surface area contributed by atoms with E-state index < -0.39 is 0 Å². The quantitative estimate of drug-likeness (QED) is 0.460. The Hall–Kier alpha value is -3.98. The van der Waals surface area contributed by atoms with Gasteiger partial charge in [-0.2, -0.15) is 0 Å². The molecule has 0 spiro atoms. The zero-order valence-electron chi connectivity index (χ0n) is 16.7. The maximum absolute atomic E-state index is 12.8. The van der Waals surface area contributed by atoms with Gasteiger partial charge in [-0.3, -0.25) is 9.78 Å². The fraction of sp³-hybridized carbons (Fsp3) is 0.182. The molecule has 4 aromatic rings. The number of aromatic nitrogens is 4. The summed E-state index contributed by atoms with van der Waals surface area (Å²) in [7, 11) is 0. The maximum atomic E-state index is 12.8. The second-order valence-corrected chi connectivity index (χ2v) is 7.45. The Balaban J connectivity index is 1.65. The number of rotatable bonds is 4. The highest BCUT2D eigenvalue weighted by atomic mass is 16.2. The van der Waals surface area contributed by atoms with Crippen molar-refractivity contribution in [3.8, 4) is 5.82 Å². The minimum absolute atomic E-state index is 0.214. The zero-order valence-corrected chi connectivity index (χ0v) is 16.7. The van der Waals surface area contributed by atoms with Crippen molar-refractivity contribution in [3.05, 3.63) is 82.4 Å². The van der Waals surface area contributed by atoms with Crippen LogP contribution in [0.25, 0.3) is 17.0 Å². The molecule has 1 aliphatic rings. The largest absolute Gasteiger partial charge is 0.349 e. The number of imidazole rings is 1. The van der Waals surface area contributed by atoms with E-state index in [9.17, 15) is 9.59 Å². The highest BCUT2D eigenvalue weighted by Crippen LogP contribution is 2.25. The lowest BCUT2D eigenvalue weighted by molar-refractivity contribution is 0.0943. The lowest BCUT2D eigenvalue weighted by Crippen LogP contribution is -2.45. The van der Waals surface area contributed by atoms with Gasteiger partial charge in [0.15, 0.2) is 5.65 Å². The Morgan fingerprint density at radius 1 is 1.06 bits per heavy atom. The summed E-state index contributed by atoms with van der Waals surface area (Å²) in [5, 5.41) is 2.97. The number of pyridine rings is 2. The average molecular weight is 415 g/mol. The van der Waals surface area contributed by atoms with E-state index in [1.165, 1.54) is 4.57 Å². The van der Waals surface area contributed by atoms with Crippen molar-refractivity contribution in [1.29, 1.82) is 0 Å². The first-order valence-corrected chi connectivity index (χ1v) is 10.0. The first kappa shape index (κ1) is 19.0. The van der Waals surface area contributed by atoms with Gasteiger partial charge in [0.1, 0.15) is 11.6 Å². The number of H-pyrrole nitrogens is 1. The Bertz CT molecular complexity index is 1310. The van der Waals surface area contributed by atoms with Gasteiger partial charge in [-0.1, -0.05) is 30.3 Å². The number of nitrogens with one attached hydrogen (secondary N) is 2. The molecule has 1 aliphatic heterocycles. The number of carbonyl (C=O) groups is 1. The summed E-state index contributed by atoms with van der Waals surface area (Å²) in [5.74, 6) is 0.702. The molecule has 4 heterocycles. The number of hydrogen-bond donors (Lipinski definition) is 3. The average Bonchev–Trinajstić information content (AvgIpc) is 3.07. The highest BCUT2D eigenvalue weighted by molar-refractivity contribution is 6.00. The molecule has 0 fully saturated rings. The van der Waals surface area contributed by atoms with Gasteiger partial charge < -0.3 is 16.0 Å². The molecule has 1 atom stereocenters. The number of carbonyl (C=O) groups excluding carboxylic acids is 1.